The third-order valence-electron chi connectivity index (χ3n) is 6.46. The first-order chi connectivity index (χ1) is 18.8. The molecule has 1 aliphatic rings. The molecule has 1 heterocycles. The average Bonchev–Trinajstić information content (AvgIpc) is 3.40. The summed E-state index contributed by atoms with van der Waals surface area (Å²) in [4.78, 5) is 25.4. The van der Waals surface area contributed by atoms with E-state index in [1.54, 1.807) is 26.0 Å². The maximum absolute atomic E-state index is 12.8. The fraction of sp³-hybridized carbons (Fsp3) is 0.515. The Labute approximate surface area is 248 Å². The Bertz CT molecular complexity index is 1150. The van der Waals surface area contributed by atoms with E-state index < -0.39 is 17.2 Å². The van der Waals surface area contributed by atoms with Gasteiger partial charge in [0, 0.05) is 16.6 Å². The molecule has 3 rings (SSSR count). The highest BCUT2D eigenvalue weighted by Gasteiger charge is 2.35. The van der Waals surface area contributed by atoms with Gasteiger partial charge in [-0.25, -0.2) is 4.79 Å². The van der Waals surface area contributed by atoms with Crippen LogP contribution in [0, 0.1) is 13.8 Å². The molecule has 1 saturated heterocycles. The predicted octanol–water partition coefficient (Wildman–Crippen LogP) is 8.79. The van der Waals surface area contributed by atoms with Crippen LogP contribution in [-0.4, -0.2) is 40.6 Å². The van der Waals surface area contributed by atoms with Crippen molar-refractivity contribution in [2.75, 3.05) is 12.4 Å². The van der Waals surface area contributed by atoms with Crippen molar-refractivity contribution in [3.63, 3.8) is 0 Å². The lowest BCUT2D eigenvalue weighted by Gasteiger charge is -2.30. The summed E-state index contributed by atoms with van der Waals surface area (Å²) in [5.74, 6) is 2.24. The molecule has 1 fully saturated rings. The summed E-state index contributed by atoms with van der Waals surface area (Å²) < 4.78 is 17.5. The second-order valence-electron chi connectivity index (χ2n) is 11.8. The monoisotopic (exact) mass is 584 g/mol. The van der Waals surface area contributed by atoms with Gasteiger partial charge in [-0.15, -0.1) is 0 Å². The number of hydrogen-bond acceptors (Lipinski definition) is 7. The van der Waals surface area contributed by atoms with Gasteiger partial charge in [0.05, 0.1) is 6.61 Å². The summed E-state index contributed by atoms with van der Waals surface area (Å²) in [5, 5.41) is 0.842. The molecule has 0 spiro atoms. The molecular formula is C33H44O5S2. The number of allylic oxidation sites excluding steroid dienone is 1. The van der Waals surface area contributed by atoms with E-state index in [1.165, 1.54) is 31.4 Å². The third-order valence-corrected chi connectivity index (χ3v) is 9.47. The number of hydrogen-bond donors (Lipinski definition) is 0. The van der Waals surface area contributed by atoms with Crippen LogP contribution in [0.4, 0.5) is 0 Å². The molecule has 0 aromatic heterocycles. The second kappa shape index (κ2) is 14.5. The Morgan fingerprint density at radius 1 is 0.975 bits per heavy atom. The van der Waals surface area contributed by atoms with Gasteiger partial charge in [0.25, 0.3) is 0 Å². The number of unbranched alkanes of at least 4 members (excludes halogenated alkanes) is 2. The summed E-state index contributed by atoms with van der Waals surface area (Å²) in [6.45, 7) is 13.5. The molecule has 0 radical (unpaired) electrons. The van der Waals surface area contributed by atoms with Gasteiger partial charge in [0.1, 0.15) is 17.1 Å². The Kier molecular flexibility index (Phi) is 11.6. The number of rotatable bonds is 13. The van der Waals surface area contributed by atoms with Crippen molar-refractivity contribution in [3.8, 4) is 11.5 Å². The zero-order valence-corrected chi connectivity index (χ0v) is 26.6. The van der Waals surface area contributed by atoms with Crippen LogP contribution in [-0.2, 0) is 9.53 Å². The van der Waals surface area contributed by atoms with Crippen LogP contribution in [0.3, 0.4) is 0 Å². The molecule has 2 aromatic rings. The molecule has 1 atom stereocenters. The molecule has 0 amide bonds. The Balaban J connectivity index is 1.50. The smallest absolute Gasteiger partial charge is 0.350 e. The molecule has 218 valence electrons. The summed E-state index contributed by atoms with van der Waals surface area (Å²) >= 11 is 0. The maximum Gasteiger partial charge on any atom is 0.350 e. The summed E-state index contributed by atoms with van der Waals surface area (Å²) in [6, 6.07) is 11.2. The van der Waals surface area contributed by atoms with Gasteiger partial charge < -0.3 is 14.2 Å². The number of aryl methyl sites for hydroxylation is 2. The molecule has 1 aliphatic heterocycles. The lowest BCUT2D eigenvalue weighted by molar-refractivity contribution is -0.171. The predicted molar refractivity (Wildman–Crippen MR) is 169 cm³/mol. The van der Waals surface area contributed by atoms with Gasteiger partial charge >= 0.3 is 5.97 Å². The van der Waals surface area contributed by atoms with Crippen molar-refractivity contribution in [3.05, 3.63) is 64.7 Å². The largest absolute Gasteiger partial charge is 0.494 e. The Morgan fingerprint density at radius 3 is 2.25 bits per heavy atom. The molecule has 0 aliphatic carbocycles. The van der Waals surface area contributed by atoms with Crippen molar-refractivity contribution >= 4 is 39.4 Å². The van der Waals surface area contributed by atoms with E-state index in [2.05, 4.69) is 0 Å². The number of ether oxygens (including phenoxy) is 3. The van der Waals surface area contributed by atoms with Crippen molar-refractivity contribution in [2.24, 2.45) is 0 Å². The van der Waals surface area contributed by atoms with Gasteiger partial charge in [-0.2, -0.15) is 0 Å². The van der Waals surface area contributed by atoms with Gasteiger partial charge in [0.15, 0.2) is 11.4 Å². The highest BCUT2D eigenvalue weighted by molar-refractivity contribution is 8.77. The lowest BCUT2D eigenvalue weighted by atomic mass is 10.0. The highest BCUT2D eigenvalue weighted by Crippen LogP contribution is 2.40. The van der Waals surface area contributed by atoms with Crippen LogP contribution in [0.15, 0.2) is 42.5 Å². The van der Waals surface area contributed by atoms with Gasteiger partial charge in [-0.1, -0.05) is 40.5 Å². The minimum Gasteiger partial charge on any atom is -0.494 e. The maximum atomic E-state index is 12.8. The van der Waals surface area contributed by atoms with Crippen LogP contribution >= 0.6 is 21.6 Å². The number of carbonyl (C=O) groups excluding carboxylic acids is 2. The summed E-state index contributed by atoms with van der Waals surface area (Å²) in [5.41, 5.74) is 1.52. The van der Waals surface area contributed by atoms with Gasteiger partial charge in [-0.05, 0) is 127 Å². The first-order valence-corrected chi connectivity index (χ1v) is 16.5. The molecular weight excluding hydrogens is 540 g/mol. The number of esters is 1. The van der Waals surface area contributed by atoms with Gasteiger partial charge in [-0.3, -0.25) is 4.79 Å². The van der Waals surface area contributed by atoms with E-state index in [1.807, 2.05) is 92.6 Å². The first kappa shape index (κ1) is 32.1. The van der Waals surface area contributed by atoms with Crippen LogP contribution in [0.2, 0.25) is 0 Å². The zero-order valence-electron chi connectivity index (χ0n) is 25.0. The normalized spacial score (nSPS) is 15.8. The van der Waals surface area contributed by atoms with Crippen LogP contribution < -0.4 is 9.47 Å². The van der Waals surface area contributed by atoms with Gasteiger partial charge in [0.2, 0.25) is 0 Å². The van der Waals surface area contributed by atoms with E-state index in [4.69, 9.17) is 14.2 Å². The fourth-order valence-electron chi connectivity index (χ4n) is 4.33. The zero-order chi connectivity index (χ0) is 29.3. The molecule has 1 unspecified atom stereocenters. The molecule has 2 aromatic carbocycles. The molecule has 40 heavy (non-hydrogen) atoms. The van der Waals surface area contributed by atoms with Crippen LogP contribution in [0.25, 0.3) is 6.08 Å². The number of benzene rings is 2. The third kappa shape index (κ3) is 10.2. The van der Waals surface area contributed by atoms with E-state index in [9.17, 15) is 9.59 Å². The van der Waals surface area contributed by atoms with E-state index >= 15 is 0 Å². The SMILES string of the molecule is Cc1cc(C=CC(=O)c2ccc(OCCCCCC3CCSS3)cc2)cc(C)c1OC(C)(C)C(=O)OC(C)(C)C. The fourth-order valence-corrected chi connectivity index (χ4v) is 7.36. The topological polar surface area (TPSA) is 61.8 Å². The molecule has 0 bridgehead atoms. The lowest BCUT2D eigenvalue weighted by Crippen LogP contribution is -2.43. The average molecular weight is 585 g/mol. The minimum atomic E-state index is -1.14. The standard InChI is InChI=1S/C33H44O5S2/c1-23-21-25(22-24(2)30(23)37-33(6,7)31(35)38-32(3,4)5)12-17-29(34)26-13-15-27(16-14-26)36-19-10-8-9-11-28-18-20-39-40-28/h12-17,21-22,28H,8-11,18-20H2,1-7H3. The van der Waals surface area contributed by atoms with Crippen molar-refractivity contribution in [1.82, 2.24) is 0 Å². The molecule has 7 heteroatoms. The second-order valence-corrected chi connectivity index (χ2v) is 14.6. The van der Waals surface area contributed by atoms with E-state index in [-0.39, 0.29) is 5.78 Å². The summed E-state index contributed by atoms with van der Waals surface area (Å²) in [7, 11) is 4.05. The van der Waals surface area contributed by atoms with Crippen molar-refractivity contribution in [2.45, 2.75) is 97.0 Å². The quantitative estimate of drug-likeness (QED) is 0.0766. The first-order valence-electron chi connectivity index (χ1n) is 14.1. The van der Waals surface area contributed by atoms with Crippen molar-refractivity contribution < 1.29 is 23.8 Å². The van der Waals surface area contributed by atoms with E-state index in [0.29, 0.717) is 17.9 Å². The summed E-state index contributed by atoms with van der Waals surface area (Å²) in [6.07, 6.45) is 9.55. The highest BCUT2D eigenvalue weighted by atomic mass is 33.1. The number of carbonyl (C=O) groups is 2. The van der Waals surface area contributed by atoms with E-state index in [0.717, 1.165) is 34.1 Å². The Morgan fingerprint density at radius 2 is 1.65 bits per heavy atom. The van der Waals surface area contributed by atoms with Crippen LogP contribution in [0.5, 0.6) is 11.5 Å². The Hall–Kier alpha value is -2.38. The molecule has 0 saturated carbocycles. The molecule has 5 nitrogen and oxygen atoms in total. The molecule has 0 N–H and O–H groups in total. The number of ketones is 1. The van der Waals surface area contributed by atoms with Crippen LogP contribution in [0.1, 0.15) is 93.8 Å². The minimum absolute atomic E-state index is 0.0730. The van der Waals surface area contributed by atoms with Crippen molar-refractivity contribution in [1.29, 1.82) is 0 Å².